The third-order valence-electron chi connectivity index (χ3n) is 3.98. The maximum absolute atomic E-state index is 14.5. The normalized spacial score (nSPS) is 12.6. The Hall–Kier alpha value is -2.98. The highest BCUT2D eigenvalue weighted by Gasteiger charge is 2.37. The van der Waals surface area contributed by atoms with E-state index in [0.29, 0.717) is 10.6 Å². The Morgan fingerprint density at radius 2 is 1.75 bits per heavy atom. The monoisotopic (exact) mass is 405 g/mol. The molecule has 0 fully saturated rings. The van der Waals surface area contributed by atoms with Gasteiger partial charge < -0.3 is 0 Å². The van der Waals surface area contributed by atoms with Crippen LogP contribution in [0.4, 0.5) is 30.7 Å². The fraction of sp³-hybridized carbons (Fsp3) is 0.235. The van der Waals surface area contributed by atoms with Gasteiger partial charge in [0.15, 0.2) is 5.69 Å². The number of rotatable bonds is 2. The first kappa shape index (κ1) is 19.8. The number of hydrogen-bond donors (Lipinski definition) is 0. The molecular weight excluding hydrogens is 395 g/mol. The van der Waals surface area contributed by atoms with Crippen molar-refractivity contribution in [1.29, 1.82) is 0 Å². The predicted molar refractivity (Wildman–Crippen MR) is 84.5 cm³/mol. The molecule has 148 valence electrons. The Morgan fingerprint density at radius 3 is 2.32 bits per heavy atom. The summed E-state index contributed by atoms with van der Waals surface area (Å²) in [6, 6.07) is 2.56. The maximum atomic E-state index is 14.5. The lowest BCUT2D eigenvalue weighted by Gasteiger charge is -2.18. The number of alkyl halides is 6. The van der Waals surface area contributed by atoms with Gasteiger partial charge in [-0.2, -0.15) is 31.3 Å². The van der Waals surface area contributed by atoms with Crippen LogP contribution in [0.15, 0.2) is 35.3 Å². The number of fused-ring (bicyclic) bond motifs is 1. The summed E-state index contributed by atoms with van der Waals surface area (Å²) in [5, 5.41) is -0.466. The summed E-state index contributed by atoms with van der Waals surface area (Å²) < 4.78 is 94.1. The van der Waals surface area contributed by atoms with E-state index in [9.17, 15) is 35.5 Å². The van der Waals surface area contributed by atoms with Gasteiger partial charge in [-0.15, -0.1) is 0 Å². The van der Waals surface area contributed by atoms with E-state index in [2.05, 4.69) is 9.97 Å². The summed E-state index contributed by atoms with van der Waals surface area (Å²) in [6.45, 7) is 1.48. The second-order valence-electron chi connectivity index (χ2n) is 5.75. The van der Waals surface area contributed by atoms with Crippen molar-refractivity contribution in [3.8, 4) is 5.69 Å². The summed E-state index contributed by atoms with van der Waals surface area (Å²) in [6.07, 6.45) is -9.19. The number of nitrogens with zero attached hydrogens (tertiary/aromatic N) is 3. The minimum absolute atomic E-state index is 0.0198. The summed E-state index contributed by atoms with van der Waals surface area (Å²) in [5.74, 6) is -1.35. The van der Waals surface area contributed by atoms with Gasteiger partial charge in [-0.05, 0) is 30.7 Å². The molecule has 0 atom stereocenters. The lowest BCUT2D eigenvalue weighted by Crippen LogP contribution is -2.27. The average molecular weight is 405 g/mol. The van der Waals surface area contributed by atoms with Crippen LogP contribution in [0.5, 0.6) is 0 Å². The number of halogens is 7. The molecule has 0 saturated carbocycles. The molecule has 0 amide bonds. The standard InChI is InChI=1S/C17H10F7N3O/c1-2-10-13-9(18)6-8(16(19,20)21)7-12(13)27(15(28)26-10)11-4-3-5-25-14(11)17(22,23)24/h3-7H,2H2,1H3. The zero-order valence-electron chi connectivity index (χ0n) is 14.0. The Morgan fingerprint density at radius 1 is 1.07 bits per heavy atom. The van der Waals surface area contributed by atoms with Crippen LogP contribution in [-0.4, -0.2) is 14.5 Å². The highest BCUT2D eigenvalue weighted by molar-refractivity contribution is 5.84. The molecule has 2 aromatic heterocycles. The fourth-order valence-corrected chi connectivity index (χ4v) is 2.83. The number of benzene rings is 1. The largest absolute Gasteiger partial charge is 0.435 e. The quantitative estimate of drug-likeness (QED) is 0.589. The van der Waals surface area contributed by atoms with Gasteiger partial charge in [0.1, 0.15) is 5.82 Å². The van der Waals surface area contributed by atoms with Crippen LogP contribution in [0.2, 0.25) is 0 Å². The molecule has 0 aliphatic heterocycles. The summed E-state index contributed by atoms with van der Waals surface area (Å²) in [4.78, 5) is 19.2. The van der Waals surface area contributed by atoms with Crippen molar-refractivity contribution in [2.75, 3.05) is 0 Å². The smallest absolute Gasteiger partial charge is 0.258 e. The number of hydrogen-bond acceptors (Lipinski definition) is 3. The molecule has 0 aliphatic rings. The van der Waals surface area contributed by atoms with Crippen molar-refractivity contribution in [3.05, 3.63) is 63.7 Å². The SMILES string of the molecule is CCc1nc(=O)n(-c2cccnc2C(F)(F)F)c2cc(C(F)(F)F)cc(F)c12. The maximum Gasteiger partial charge on any atom is 0.435 e. The van der Waals surface area contributed by atoms with Crippen molar-refractivity contribution in [2.45, 2.75) is 25.7 Å². The minimum Gasteiger partial charge on any atom is -0.258 e. The second-order valence-corrected chi connectivity index (χ2v) is 5.75. The fourth-order valence-electron chi connectivity index (χ4n) is 2.83. The Balaban J connectivity index is 2.54. The first-order valence-corrected chi connectivity index (χ1v) is 7.80. The van der Waals surface area contributed by atoms with Crippen molar-refractivity contribution in [3.63, 3.8) is 0 Å². The van der Waals surface area contributed by atoms with Crippen LogP contribution < -0.4 is 5.69 Å². The van der Waals surface area contributed by atoms with Crippen LogP contribution >= 0.6 is 0 Å². The number of aryl methyl sites for hydroxylation is 1. The van der Waals surface area contributed by atoms with E-state index in [1.807, 2.05) is 0 Å². The van der Waals surface area contributed by atoms with Gasteiger partial charge in [0.05, 0.1) is 27.8 Å². The van der Waals surface area contributed by atoms with Crippen LogP contribution in [0, 0.1) is 5.82 Å². The molecule has 0 unspecified atom stereocenters. The predicted octanol–water partition coefficient (Wildman–Crippen LogP) is 4.52. The topological polar surface area (TPSA) is 47.8 Å². The number of pyridine rings is 1. The van der Waals surface area contributed by atoms with Crippen molar-refractivity contribution in [1.82, 2.24) is 14.5 Å². The van der Waals surface area contributed by atoms with Crippen molar-refractivity contribution in [2.24, 2.45) is 0 Å². The van der Waals surface area contributed by atoms with E-state index in [-0.39, 0.29) is 18.2 Å². The van der Waals surface area contributed by atoms with Crippen LogP contribution in [-0.2, 0) is 18.8 Å². The lowest BCUT2D eigenvalue weighted by molar-refractivity contribution is -0.141. The molecule has 0 N–H and O–H groups in total. The number of aromatic nitrogens is 3. The highest BCUT2D eigenvalue weighted by Crippen LogP contribution is 2.36. The average Bonchev–Trinajstić information content (AvgIpc) is 2.59. The summed E-state index contributed by atoms with van der Waals surface area (Å²) >= 11 is 0. The van der Waals surface area contributed by atoms with E-state index in [0.717, 1.165) is 18.3 Å². The van der Waals surface area contributed by atoms with Gasteiger partial charge in [0.2, 0.25) is 0 Å². The molecule has 3 aromatic rings. The van der Waals surface area contributed by atoms with Crippen LogP contribution in [0.3, 0.4) is 0 Å². The van der Waals surface area contributed by atoms with Gasteiger partial charge in [-0.25, -0.2) is 14.2 Å². The van der Waals surface area contributed by atoms with Crippen LogP contribution in [0.1, 0.15) is 23.9 Å². The molecule has 28 heavy (non-hydrogen) atoms. The molecule has 2 heterocycles. The van der Waals surface area contributed by atoms with E-state index in [1.165, 1.54) is 6.92 Å². The van der Waals surface area contributed by atoms with Gasteiger partial charge in [-0.3, -0.25) is 4.57 Å². The summed E-state index contributed by atoms with van der Waals surface area (Å²) in [7, 11) is 0. The summed E-state index contributed by atoms with van der Waals surface area (Å²) in [5.41, 5.74) is -5.93. The molecule has 0 saturated heterocycles. The molecule has 0 radical (unpaired) electrons. The zero-order chi connectivity index (χ0) is 20.9. The molecule has 4 nitrogen and oxygen atoms in total. The Kier molecular flexibility index (Phi) is 4.64. The van der Waals surface area contributed by atoms with Gasteiger partial charge >= 0.3 is 18.0 Å². The molecular formula is C17H10F7N3O. The lowest BCUT2D eigenvalue weighted by atomic mass is 10.1. The Labute approximate surface area is 152 Å². The van der Waals surface area contributed by atoms with E-state index in [1.54, 1.807) is 0 Å². The molecule has 0 bridgehead atoms. The minimum atomic E-state index is -5.01. The van der Waals surface area contributed by atoms with E-state index >= 15 is 0 Å². The molecule has 0 spiro atoms. The van der Waals surface area contributed by atoms with Gasteiger partial charge in [0.25, 0.3) is 0 Å². The molecule has 11 heteroatoms. The zero-order valence-corrected chi connectivity index (χ0v) is 14.0. The first-order chi connectivity index (χ1) is 12.9. The van der Waals surface area contributed by atoms with Crippen molar-refractivity contribution < 1.29 is 30.7 Å². The molecule has 0 aliphatic carbocycles. The van der Waals surface area contributed by atoms with Crippen molar-refractivity contribution >= 4 is 10.9 Å². The third kappa shape index (κ3) is 3.32. The van der Waals surface area contributed by atoms with E-state index in [4.69, 9.17) is 0 Å². The molecule has 3 rings (SSSR count). The molecule has 1 aromatic carbocycles. The van der Waals surface area contributed by atoms with E-state index < -0.39 is 51.7 Å². The Bertz CT molecular complexity index is 1120. The second kappa shape index (κ2) is 6.57. The van der Waals surface area contributed by atoms with Gasteiger partial charge in [0, 0.05) is 6.20 Å². The first-order valence-electron chi connectivity index (χ1n) is 7.80. The highest BCUT2D eigenvalue weighted by atomic mass is 19.4. The van der Waals surface area contributed by atoms with Gasteiger partial charge in [-0.1, -0.05) is 6.92 Å². The third-order valence-corrected chi connectivity index (χ3v) is 3.98. The van der Waals surface area contributed by atoms with Crippen LogP contribution in [0.25, 0.3) is 16.6 Å².